The molecule has 1 aliphatic rings. The molecule has 1 unspecified atom stereocenters. The number of carbonyl (C=O) groups is 1. The van der Waals surface area contributed by atoms with Gasteiger partial charge in [0.05, 0.1) is 0 Å². The van der Waals surface area contributed by atoms with E-state index in [-0.39, 0.29) is 12.4 Å². The van der Waals surface area contributed by atoms with E-state index in [4.69, 9.17) is 4.74 Å². The maximum absolute atomic E-state index is 11.4. The highest BCUT2D eigenvalue weighted by atomic mass is 16.5. The smallest absolute Gasteiger partial charge is 0.159 e. The summed E-state index contributed by atoms with van der Waals surface area (Å²) in [4.78, 5) is 16.0. The van der Waals surface area contributed by atoms with Gasteiger partial charge in [0.2, 0.25) is 0 Å². The van der Waals surface area contributed by atoms with Crippen LogP contribution in [0.25, 0.3) is 10.8 Å². The molecule has 30 heavy (non-hydrogen) atoms. The van der Waals surface area contributed by atoms with E-state index in [1.165, 1.54) is 5.39 Å². The van der Waals surface area contributed by atoms with Crippen molar-refractivity contribution in [3.63, 3.8) is 0 Å². The minimum absolute atomic E-state index is 0.0891. The molecule has 0 spiro atoms. The second-order valence-electron chi connectivity index (χ2n) is 7.86. The van der Waals surface area contributed by atoms with Crippen molar-refractivity contribution in [2.45, 2.75) is 13.0 Å². The highest BCUT2D eigenvalue weighted by Crippen LogP contribution is 2.21. The van der Waals surface area contributed by atoms with Gasteiger partial charge in [-0.15, -0.1) is 0 Å². The topological polar surface area (TPSA) is 53.0 Å². The summed E-state index contributed by atoms with van der Waals surface area (Å²) in [6, 6.07) is 22.0. The molecular formula is C25H28N2O3. The molecule has 0 amide bonds. The van der Waals surface area contributed by atoms with Gasteiger partial charge in [-0.25, -0.2) is 0 Å². The van der Waals surface area contributed by atoms with E-state index in [9.17, 15) is 9.90 Å². The number of aliphatic hydroxyl groups excluding tert-OH is 1. The monoisotopic (exact) mass is 404 g/mol. The van der Waals surface area contributed by atoms with Crippen molar-refractivity contribution in [2.75, 3.05) is 44.2 Å². The number of fused-ring (bicyclic) bond motifs is 1. The van der Waals surface area contributed by atoms with Crippen LogP contribution in [0.5, 0.6) is 5.75 Å². The van der Waals surface area contributed by atoms with Gasteiger partial charge in [-0.3, -0.25) is 9.69 Å². The number of hydrogen-bond acceptors (Lipinski definition) is 5. The summed E-state index contributed by atoms with van der Waals surface area (Å²) in [5.74, 6) is 0.873. The molecule has 1 atom stereocenters. The zero-order chi connectivity index (χ0) is 20.9. The number of aliphatic hydroxyl groups is 1. The van der Waals surface area contributed by atoms with Crippen molar-refractivity contribution in [2.24, 2.45) is 0 Å². The highest BCUT2D eigenvalue weighted by molar-refractivity contribution is 5.94. The summed E-state index contributed by atoms with van der Waals surface area (Å²) < 4.78 is 5.82. The first-order valence-corrected chi connectivity index (χ1v) is 10.5. The lowest BCUT2D eigenvalue weighted by Crippen LogP contribution is -2.49. The van der Waals surface area contributed by atoms with Gasteiger partial charge >= 0.3 is 0 Å². The molecule has 1 N–H and O–H groups in total. The molecule has 0 aliphatic carbocycles. The molecule has 5 nitrogen and oxygen atoms in total. The number of ketones is 1. The molecule has 1 heterocycles. The fourth-order valence-electron chi connectivity index (χ4n) is 3.90. The van der Waals surface area contributed by atoms with Crippen molar-refractivity contribution in [1.29, 1.82) is 0 Å². The predicted molar refractivity (Wildman–Crippen MR) is 121 cm³/mol. The van der Waals surface area contributed by atoms with E-state index < -0.39 is 6.10 Å². The summed E-state index contributed by atoms with van der Waals surface area (Å²) in [6.07, 6.45) is -0.530. The number of benzene rings is 3. The van der Waals surface area contributed by atoms with Crippen LogP contribution in [0, 0.1) is 0 Å². The minimum Gasteiger partial charge on any atom is -0.491 e. The lowest BCUT2D eigenvalue weighted by atomic mass is 10.1. The Hall–Kier alpha value is -2.89. The largest absolute Gasteiger partial charge is 0.491 e. The molecular weight excluding hydrogens is 376 g/mol. The second-order valence-corrected chi connectivity index (χ2v) is 7.86. The van der Waals surface area contributed by atoms with Gasteiger partial charge in [-0.05, 0) is 54.1 Å². The zero-order valence-corrected chi connectivity index (χ0v) is 17.3. The maximum atomic E-state index is 11.4. The van der Waals surface area contributed by atoms with Crippen molar-refractivity contribution in [1.82, 2.24) is 4.90 Å². The molecule has 4 rings (SSSR count). The van der Waals surface area contributed by atoms with Gasteiger partial charge in [0.15, 0.2) is 5.78 Å². The maximum Gasteiger partial charge on any atom is 0.159 e. The van der Waals surface area contributed by atoms with Crippen LogP contribution in [0.1, 0.15) is 17.3 Å². The molecule has 0 bridgehead atoms. The summed E-state index contributed by atoms with van der Waals surface area (Å²) in [7, 11) is 0. The fraction of sp³-hybridized carbons (Fsp3) is 0.320. The fourth-order valence-corrected chi connectivity index (χ4v) is 3.90. The summed E-state index contributed by atoms with van der Waals surface area (Å²) in [5.41, 5.74) is 1.88. The van der Waals surface area contributed by atoms with E-state index in [0.29, 0.717) is 6.54 Å². The molecule has 5 heteroatoms. The average Bonchev–Trinajstić information content (AvgIpc) is 2.78. The number of anilines is 1. The van der Waals surface area contributed by atoms with E-state index in [1.807, 2.05) is 54.6 Å². The third-order valence-electron chi connectivity index (χ3n) is 5.64. The lowest BCUT2D eigenvalue weighted by Gasteiger charge is -2.36. The minimum atomic E-state index is -0.530. The molecule has 156 valence electrons. The van der Waals surface area contributed by atoms with Gasteiger partial charge in [-0.1, -0.05) is 30.3 Å². The molecule has 0 saturated carbocycles. The third kappa shape index (κ3) is 4.99. The Bertz CT molecular complexity index is 995. The normalized spacial score (nSPS) is 15.9. The Morgan fingerprint density at radius 2 is 1.67 bits per heavy atom. The van der Waals surface area contributed by atoms with Gasteiger partial charge in [0.1, 0.15) is 18.5 Å². The first-order valence-electron chi connectivity index (χ1n) is 10.5. The summed E-state index contributed by atoms with van der Waals surface area (Å²) in [5, 5.41) is 12.7. The standard InChI is InChI=1S/C25H28N2O3/c1-19(28)20-6-9-23(10-7-20)27-14-12-26(13-15-27)17-24(29)18-30-25-11-8-21-4-2-3-5-22(21)16-25/h2-11,16,24,29H,12-15,17-18H2,1H3. The Balaban J connectivity index is 1.23. The Labute approximate surface area is 177 Å². The lowest BCUT2D eigenvalue weighted by molar-refractivity contribution is 0.0663. The highest BCUT2D eigenvalue weighted by Gasteiger charge is 2.20. The van der Waals surface area contributed by atoms with E-state index >= 15 is 0 Å². The number of hydrogen-bond donors (Lipinski definition) is 1. The number of piperazine rings is 1. The van der Waals surface area contributed by atoms with Crippen LogP contribution >= 0.6 is 0 Å². The van der Waals surface area contributed by atoms with Crippen LogP contribution in [-0.2, 0) is 0 Å². The van der Waals surface area contributed by atoms with Gasteiger partial charge in [0, 0.05) is 44.0 Å². The number of nitrogens with zero attached hydrogens (tertiary/aromatic N) is 2. The predicted octanol–water partition coefficient (Wildman–Crippen LogP) is 3.60. The van der Waals surface area contributed by atoms with Gasteiger partial charge in [0.25, 0.3) is 0 Å². The average molecular weight is 405 g/mol. The first-order chi connectivity index (χ1) is 14.6. The Morgan fingerprint density at radius 3 is 2.37 bits per heavy atom. The number of carbonyl (C=O) groups excluding carboxylic acids is 1. The summed E-state index contributed by atoms with van der Waals surface area (Å²) in [6.45, 7) is 6.05. The van der Waals surface area contributed by atoms with E-state index in [2.05, 4.69) is 21.9 Å². The summed E-state index contributed by atoms with van der Waals surface area (Å²) >= 11 is 0. The van der Waals surface area contributed by atoms with Crippen molar-refractivity contribution < 1.29 is 14.6 Å². The number of β-amino-alcohol motifs (C(OH)–C–C–N with tert-alkyl or cyclic N) is 1. The van der Waals surface area contributed by atoms with Gasteiger partial charge in [-0.2, -0.15) is 0 Å². The number of Topliss-reactive ketones (excluding diaryl/α,β-unsaturated/α-hetero) is 1. The molecule has 3 aromatic rings. The molecule has 0 radical (unpaired) electrons. The van der Waals surface area contributed by atoms with E-state index in [1.54, 1.807) is 6.92 Å². The van der Waals surface area contributed by atoms with Crippen molar-refractivity contribution in [3.05, 3.63) is 72.3 Å². The molecule has 1 fully saturated rings. The number of ether oxygens (including phenoxy) is 1. The van der Waals surface area contributed by atoms with Crippen LogP contribution in [-0.4, -0.2) is 61.2 Å². The van der Waals surface area contributed by atoms with Crippen LogP contribution < -0.4 is 9.64 Å². The Morgan fingerprint density at radius 1 is 0.967 bits per heavy atom. The van der Waals surface area contributed by atoms with Crippen LogP contribution in [0.4, 0.5) is 5.69 Å². The second kappa shape index (κ2) is 9.28. The van der Waals surface area contributed by atoms with Crippen molar-refractivity contribution >= 4 is 22.2 Å². The van der Waals surface area contributed by atoms with Crippen LogP contribution in [0.2, 0.25) is 0 Å². The van der Waals surface area contributed by atoms with E-state index in [0.717, 1.165) is 48.6 Å². The Kier molecular flexibility index (Phi) is 6.31. The third-order valence-corrected chi connectivity index (χ3v) is 5.64. The molecule has 3 aromatic carbocycles. The first kappa shape index (κ1) is 20.4. The van der Waals surface area contributed by atoms with Crippen LogP contribution in [0.15, 0.2) is 66.7 Å². The zero-order valence-electron chi connectivity index (χ0n) is 17.3. The van der Waals surface area contributed by atoms with Gasteiger partial charge < -0.3 is 14.7 Å². The molecule has 1 saturated heterocycles. The van der Waals surface area contributed by atoms with Crippen molar-refractivity contribution in [3.8, 4) is 5.75 Å². The quantitative estimate of drug-likeness (QED) is 0.610. The number of rotatable bonds is 7. The molecule has 0 aromatic heterocycles. The molecule has 1 aliphatic heterocycles. The van der Waals surface area contributed by atoms with Crippen LogP contribution in [0.3, 0.4) is 0 Å². The SMILES string of the molecule is CC(=O)c1ccc(N2CCN(CC(O)COc3ccc4ccccc4c3)CC2)cc1.